The highest BCUT2D eigenvalue weighted by Crippen LogP contribution is 2.27. The van der Waals surface area contributed by atoms with Crippen molar-refractivity contribution in [2.75, 3.05) is 18.1 Å². The van der Waals surface area contributed by atoms with Crippen LogP contribution in [0.15, 0.2) is 24.3 Å². The lowest BCUT2D eigenvalue weighted by Gasteiger charge is -2.37. The third-order valence-electron chi connectivity index (χ3n) is 3.50. The van der Waals surface area contributed by atoms with E-state index in [1.165, 1.54) is 19.3 Å². The standard InChI is InChI=1S/C14H19N3O/c15-11-12-4-3-6-14(10-12)17-8-2-1-5-13(17)7-9-18-16/h3-4,6,10,13H,1-2,5,7-9,16H2. The highest BCUT2D eigenvalue weighted by atomic mass is 16.6. The second-order valence-electron chi connectivity index (χ2n) is 4.66. The van der Waals surface area contributed by atoms with Gasteiger partial charge in [0, 0.05) is 18.3 Å². The third kappa shape index (κ3) is 3.00. The van der Waals surface area contributed by atoms with Gasteiger partial charge in [0.15, 0.2) is 0 Å². The molecule has 1 aromatic rings. The molecule has 0 aromatic heterocycles. The topological polar surface area (TPSA) is 62.3 Å². The molecule has 96 valence electrons. The molecule has 0 bridgehead atoms. The Bertz CT molecular complexity index is 427. The minimum absolute atomic E-state index is 0.469. The van der Waals surface area contributed by atoms with Gasteiger partial charge in [-0.3, -0.25) is 0 Å². The summed E-state index contributed by atoms with van der Waals surface area (Å²) >= 11 is 0. The van der Waals surface area contributed by atoms with Crippen LogP contribution in [0.4, 0.5) is 5.69 Å². The van der Waals surface area contributed by atoms with E-state index in [4.69, 9.17) is 16.0 Å². The van der Waals surface area contributed by atoms with E-state index in [0.717, 1.165) is 18.7 Å². The Balaban J connectivity index is 2.14. The molecule has 1 heterocycles. The number of nitriles is 1. The maximum atomic E-state index is 8.96. The molecule has 0 saturated carbocycles. The first-order chi connectivity index (χ1) is 8.85. The van der Waals surface area contributed by atoms with Crippen molar-refractivity contribution in [1.29, 1.82) is 5.26 Å². The van der Waals surface area contributed by atoms with E-state index in [2.05, 4.69) is 17.0 Å². The summed E-state index contributed by atoms with van der Waals surface area (Å²) in [5.74, 6) is 5.11. The van der Waals surface area contributed by atoms with Gasteiger partial charge in [-0.1, -0.05) is 6.07 Å². The maximum absolute atomic E-state index is 8.96. The summed E-state index contributed by atoms with van der Waals surface area (Å²) in [6.45, 7) is 1.63. The zero-order valence-electron chi connectivity index (χ0n) is 10.5. The van der Waals surface area contributed by atoms with E-state index < -0.39 is 0 Å². The number of benzene rings is 1. The van der Waals surface area contributed by atoms with Crippen LogP contribution in [0.3, 0.4) is 0 Å². The molecule has 1 aliphatic heterocycles. The Morgan fingerprint density at radius 3 is 3.11 bits per heavy atom. The minimum atomic E-state index is 0.469. The van der Waals surface area contributed by atoms with E-state index in [1.54, 1.807) is 0 Å². The van der Waals surface area contributed by atoms with Gasteiger partial charge in [-0.15, -0.1) is 0 Å². The molecule has 0 amide bonds. The van der Waals surface area contributed by atoms with Crippen molar-refractivity contribution in [3.05, 3.63) is 29.8 Å². The summed E-state index contributed by atoms with van der Waals surface area (Å²) in [6.07, 6.45) is 4.56. The summed E-state index contributed by atoms with van der Waals surface area (Å²) in [5, 5.41) is 8.96. The average molecular weight is 245 g/mol. The Morgan fingerprint density at radius 2 is 2.33 bits per heavy atom. The maximum Gasteiger partial charge on any atom is 0.0992 e. The largest absolute Gasteiger partial charge is 0.368 e. The summed E-state index contributed by atoms with van der Waals surface area (Å²) in [4.78, 5) is 7.07. The van der Waals surface area contributed by atoms with Gasteiger partial charge in [-0.2, -0.15) is 5.26 Å². The number of anilines is 1. The van der Waals surface area contributed by atoms with Gasteiger partial charge in [0.05, 0.1) is 18.2 Å². The smallest absolute Gasteiger partial charge is 0.0992 e. The molecule has 2 rings (SSSR count). The summed E-state index contributed by atoms with van der Waals surface area (Å²) in [6, 6.07) is 10.5. The summed E-state index contributed by atoms with van der Waals surface area (Å²) < 4.78 is 0. The van der Waals surface area contributed by atoms with Gasteiger partial charge in [-0.05, 0) is 43.9 Å². The first kappa shape index (κ1) is 12.9. The van der Waals surface area contributed by atoms with Gasteiger partial charge in [0.25, 0.3) is 0 Å². The lowest BCUT2D eigenvalue weighted by Crippen LogP contribution is -2.40. The molecule has 18 heavy (non-hydrogen) atoms. The molecule has 0 spiro atoms. The van der Waals surface area contributed by atoms with Gasteiger partial charge in [0.2, 0.25) is 0 Å². The predicted molar refractivity (Wildman–Crippen MR) is 70.9 cm³/mol. The molecular formula is C14H19N3O. The first-order valence-electron chi connectivity index (χ1n) is 6.43. The molecule has 4 heteroatoms. The number of nitrogens with zero attached hydrogens (tertiary/aromatic N) is 2. The number of nitrogens with two attached hydrogens (primary N) is 1. The van der Waals surface area contributed by atoms with E-state index in [-0.39, 0.29) is 0 Å². The molecule has 1 fully saturated rings. The highest BCUT2D eigenvalue weighted by molar-refractivity contribution is 5.52. The van der Waals surface area contributed by atoms with Crippen LogP contribution in [0.1, 0.15) is 31.2 Å². The Kier molecular flexibility index (Phi) is 4.57. The van der Waals surface area contributed by atoms with Crippen LogP contribution in [0.25, 0.3) is 0 Å². The fourth-order valence-corrected chi connectivity index (χ4v) is 2.60. The zero-order valence-corrected chi connectivity index (χ0v) is 10.5. The van der Waals surface area contributed by atoms with Crippen molar-refractivity contribution in [1.82, 2.24) is 0 Å². The second-order valence-corrected chi connectivity index (χ2v) is 4.66. The SMILES string of the molecule is N#Cc1cccc(N2CCCCC2CCON)c1. The van der Waals surface area contributed by atoms with Crippen LogP contribution < -0.4 is 10.8 Å². The van der Waals surface area contributed by atoms with Crippen molar-refractivity contribution < 1.29 is 4.84 Å². The van der Waals surface area contributed by atoms with E-state index in [0.29, 0.717) is 18.2 Å². The van der Waals surface area contributed by atoms with Gasteiger partial charge in [0.1, 0.15) is 0 Å². The van der Waals surface area contributed by atoms with Crippen molar-refractivity contribution >= 4 is 5.69 Å². The number of rotatable bonds is 4. The van der Waals surface area contributed by atoms with Crippen molar-refractivity contribution in [2.45, 2.75) is 31.7 Å². The summed E-state index contributed by atoms with van der Waals surface area (Å²) in [5.41, 5.74) is 1.85. The molecule has 1 aliphatic rings. The van der Waals surface area contributed by atoms with Crippen LogP contribution in [0.2, 0.25) is 0 Å². The lowest BCUT2D eigenvalue weighted by atomic mass is 9.98. The molecule has 1 saturated heterocycles. The molecule has 0 aliphatic carbocycles. The Morgan fingerprint density at radius 1 is 1.44 bits per heavy atom. The monoisotopic (exact) mass is 245 g/mol. The lowest BCUT2D eigenvalue weighted by molar-refractivity contribution is 0.127. The third-order valence-corrected chi connectivity index (χ3v) is 3.50. The first-order valence-corrected chi connectivity index (χ1v) is 6.43. The fourth-order valence-electron chi connectivity index (χ4n) is 2.60. The predicted octanol–water partition coefficient (Wildman–Crippen LogP) is 2.20. The van der Waals surface area contributed by atoms with Gasteiger partial charge >= 0.3 is 0 Å². The number of hydrogen-bond acceptors (Lipinski definition) is 4. The normalized spacial score (nSPS) is 19.6. The number of hydrogen-bond donors (Lipinski definition) is 1. The van der Waals surface area contributed by atoms with E-state index >= 15 is 0 Å². The van der Waals surface area contributed by atoms with Gasteiger partial charge < -0.3 is 9.74 Å². The highest BCUT2D eigenvalue weighted by Gasteiger charge is 2.22. The Hall–Kier alpha value is -1.57. The second kappa shape index (κ2) is 6.39. The van der Waals surface area contributed by atoms with E-state index in [9.17, 15) is 0 Å². The molecule has 2 N–H and O–H groups in total. The van der Waals surface area contributed by atoms with Crippen LogP contribution in [-0.4, -0.2) is 19.2 Å². The van der Waals surface area contributed by atoms with Crippen LogP contribution in [0, 0.1) is 11.3 Å². The molecular weight excluding hydrogens is 226 g/mol. The van der Waals surface area contributed by atoms with Crippen molar-refractivity contribution in [2.24, 2.45) is 5.90 Å². The fraction of sp³-hybridized carbons (Fsp3) is 0.500. The van der Waals surface area contributed by atoms with Crippen LogP contribution in [-0.2, 0) is 4.84 Å². The summed E-state index contributed by atoms with van der Waals surface area (Å²) in [7, 11) is 0. The Labute approximate surface area is 108 Å². The quantitative estimate of drug-likeness (QED) is 0.826. The van der Waals surface area contributed by atoms with Crippen LogP contribution in [0.5, 0.6) is 0 Å². The molecule has 1 aromatic carbocycles. The molecule has 4 nitrogen and oxygen atoms in total. The van der Waals surface area contributed by atoms with Gasteiger partial charge in [-0.25, -0.2) is 5.90 Å². The zero-order chi connectivity index (χ0) is 12.8. The molecule has 1 atom stereocenters. The van der Waals surface area contributed by atoms with Crippen molar-refractivity contribution in [3.63, 3.8) is 0 Å². The number of piperidine rings is 1. The molecule has 1 unspecified atom stereocenters. The van der Waals surface area contributed by atoms with Crippen LogP contribution >= 0.6 is 0 Å². The molecule has 0 radical (unpaired) electrons. The van der Waals surface area contributed by atoms with Crippen molar-refractivity contribution in [3.8, 4) is 6.07 Å². The average Bonchev–Trinajstić information content (AvgIpc) is 2.45. The minimum Gasteiger partial charge on any atom is -0.368 e. The van der Waals surface area contributed by atoms with E-state index in [1.807, 2.05) is 18.2 Å².